The van der Waals surface area contributed by atoms with Gasteiger partial charge in [-0.25, -0.2) is 0 Å². The standard InChI is InChI=1S/C47H83N11/c1-2-3-4-5-6-7-8-9-10-11-12-13-14-15-33-54(36-18-27-48)42-25-46-58(41-23-32-53)47-26-44-56(38-20-29-50)35-17-16-34-55(37-19-28-49)43-24-45-57(39-21-30-51)40-22-31-52/h2-26,33-47H2,1H3. The van der Waals surface area contributed by atoms with Gasteiger partial charge in [0.1, 0.15) is 0 Å². The van der Waals surface area contributed by atoms with E-state index < -0.39 is 0 Å². The lowest BCUT2D eigenvalue weighted by molar-refractivity contribution is 0.204. The van der Waals surface area contributed by atoms with Gasteiger partial charge < -0.3 is 24.5 Å². The first-order valence-corrected chi connectivity index (χ1v) is 23.4. The summed E-state index contributed by atoms with van der Waals surface area (Å²) in [5.41, 5.74) is 0. The van der Waals surface area contributed by atoms with Gasteiger partial charge in [-0.3, -0.25) is 0 Å². The Morgan fingerprint density at radius 2 is 0.397 bits per heavy atom. The highest BCUT2D eigenvalue weighted by molar-refractivity contribution is 4.79. The molecule has 326 valence electrons. The highest BCUT2D eigenvalue weighted by Crippen LogP contribution is 2.14. The zero-order valence-corrected chi connectivity index (χ0v) is 37.2. The molecule has 0 aliphatic heterocycles. The Morgan fingerprint density at radius 1 is 0.224 bits per heavy atom. The Bertz CT molecular complexity index is 1150. The van der Waals surface area contributed by atoms with Crippen LogP contribution in [0.25, 0.3) is 0 Å². The lowest BCUT2D eigenvalue weighted by Gasteiger charge is -2.27. The summed E-state index contributed by atoms with van der Waals surface area (Å²) in [7, 11) is 0. The summed E-state index contributed by atoms with van der Waals surface area (Å²) in [5.74, 6) is 0. The molecule has 0 saturated carbocycles. The highest BCUT2D eigenvalue weighted by atomic mass is 15.2. The van der Waals surface area contributed by atoms with E-state index in [1.165, 1.54) is 89.9 Å². The molecule has 0 atom stereocenters. The molecule has 58 heavy (non-hydrogen) atoms. The molecule has 0 N–H and O–H groups in total. The Kier molecular flexibility index (Phi) is 42.3. The average Bonchev–Trinajstić information content (AvgIpc) is 3.23. The Hall–Kier alpha value is -3.26. The van der Waals surface area contributed by atoms with Crippen molar-refractivity contribution in [3.8, 4) is 36.4 Å². The molecule has 0 amide bonds. The topological polar surface area (TPSA) is 159 Å². The van der Waals surface area contributed by atoms with Crippen LogP contribution in [0.3, 0.4) is 0 Å². The van der Waals surface area contributed by atoms with Crippen molar-refractivity contribution in [1.82, 2.24) is 24.5 Å². The van der Waals surface area contributed by atoms with Crippen LogP contribution in [-0.4, -0.2) is 123 Å². The molecule has 0 unspecified atom stereocenters. The summed E-state index contributed by atoms with van der Waals surface area (Å²) in [5, 5.41) is 55.1. The van der Waals surface area contributed by atoms with Crippen LogP contribution >= 0.6 is 0 Å². The summed E-state index contributed by atoms with van der Waals surface area (Å²) >= 11 is 0. The fourth-order valence-electron chi connectivity index (χ4n) is 7.68. The second-order valence-corrected chi connectivity index (χ2v) is 16.0. The molecule has 0 saturated heterocycles. The van der Waals surface area contributed by atoms with Crippen molar-refractivity contribution in [3.05, 3.63) is 0 Å². The molecule has 0 aromatic carbocycles. The molecule has 0 aliphatic carbocycles. The second kappa shape index (κ2) is 44.8. The maximum Gasteiger partial charge on any atom is 0.0635 e. The van der Waals surface area contributed by atoms with E-state index in [0.29, 0.717) is 51.6 Å². The fraction of sp³-hybridized carbons (Fsp3) is 0.872. The van der Waals surface area contributed by atoms with E-state index >= 15 is 0 Å². The number of hydrogen-bond donors (Lipinski definition) is 0. The molecule has 0 aromatic heterocycles. The zero-order valence-electron chi connectivity index (χ0n) is 37.2. The number of rotatable bonds is 44. The van der Waals surface area contributed by atoms with Gasteiger partial charge in [-0.2, -0.15) is 31.6 Å². The summed E-state index contributed by atoms with van der Waals surface area (Å²) in [4.78, 5) is 11.9. The van der Waals surface area contributed by atoms with Crippen molar-refractivity contribution in [2.75, 3.05) is 98.2 Å². The van der Waals surface area contributed by atoms with Crippen LogP contribution in [-0.2, 0) is 0 Å². The summed E-state index contributed by atoms with van der Waals surface area (Å²) in [6.45, 7) is 15.3. The monoisotopic (exact) mass is 802 g/mol. The van der Waals surface area contributed by atoms with Gasteiger partial charge in [-0.05, 0) is 97.4 Å². The van der Waals surface area contributed by atoms with Crippen molar-refractivity contribution >= 4 is 0 Å². The van der Waals surface area contributed by atoms with Crippen LogP contribution in [0.4, 0.5) is 0 Å². The van der Waals surface area contributed by atoms with Crippen molar-refractivity contribution in [1.29, 1.82) is 31.6 Å². The maximum absolute atomic E-state index is 9.34. The van der Waals surface area contributed by atoms with E-state index in [1.54, 1.807) is 0 Å². The summed E-state index contributed by atoms with van der Waals surface area (Å²) in [6, 6.07) is 13.7. The minimum absolute atomic E-state index is 0.465. The number of hydrogen-bond acceptors (Lipinski definition) is 11. The molecule has 0 rings (SSSR count). The Labute approximate surface area is 357 Å². The molecule has 0 bridgehead atoms. The van der Waals surface area contributed by atoms with E-state index in [0.717, 1.165) is 117 Å². The third-order valence-electron chi connectivity index (χ3n) is 11.1. The third kappa shape index (κ3) is 37.0. The van der Waals surface area contributed by atoms with Gasteiger partial charge in [0, 0.05) is 77.8 Å². The molecule has 0 heterocycles. The average molecular weight is 802 g/mol. The predicted octanol–water partition coefficient (Wildman–Crippen LogP) is 9.41. The van der Waals surface area contributed by atoms with Crippen molar-refractivity contribution in [3.63, 3.8) is 0 Å². The van der Waals surface area contributed by atoms with Gasteiger partial charge in [0.25, 0.3) is 0 Å². The normalized spacial score (nSPS) is 11.2. The molecule has 11 heteroatoms. The maximum atomic E-state index is 9.34. The van der Waals surface area contributed by atoms with Crippen molar-refractivity contribution in [2.24, 2.45) is 0 Å². The first-order valence-electron chi connectivity index (χ1n) is 23.4. The number of unbranched alkanes of at least 4 members (excludes halogenated alkanes) is 14. The van der Waals surface area contributed by atoms with Crippen LogP contribution in [0, 0.1) is 68.0 Å². The van der Waals surface area contributed by atoms with Crippen LogP contribution in [0.5, 0.6) is 0 Å². The van der Waals surface area contributed by atoms with Crippen LogP contribution in [0.1, 0.15) is 167 Å². The molecule has 0 fully saturated rings. The van der Waals surface area contributed by atoms with Gasteiger partial charge >= 0.3 is 0 Å². The molecule has 0 aliphatic rings. The Balaban J connectivity index is 4.64. The van der Waals surface area contributed by atoms with E-state index in [4.69, 9.17) is 10.5 Å². The van der Waals surface area contributed by atoms with Gasteiger partial charge in [0.2, 0.25) is 0 Å². The molecule has 0 spiro atoms. The van der Waals surface area contributed by atoms with Gasteiger partial charge in [-0.15, -0.1) is 0 Å². The lowest BCUT2D eigenvalue weighted by Crippen LogP contribution is -2.35. The highest BCUT2D eigenvalue weighted by Gasteiger charge is 2.12. The van der Waals surface area contributed by atoms with E-state index in [2.05, 4.69) is 67.8 Å². The molecule has 0 aromatic rings. The minimum atomic E-state index is 0.465. The molecular formula is C47H83N11. The minimum Gasteiger partial charge on any atom is -0.302 e. The first-order chi connectivity index (χ1) is 28.6. The number of nitriles is 6. The van der Waals surface area contributed by atoms with Crippen LogP contribution in [0.2, 0.25) is 0 Å². The summed E-state index contributed by atoms with van der Waals surface area (Å²) < 4.78 is 0. The summed E-state index contributed by atoms with van der Waals surface area (Å²) in [6.07, 6.45) is 27.1. The molecule has 11 nitrogen and oxygen atoms in total. The van der Waals surface area contributed by atoms with Crippen LogP contribution < -0.4 is 0 Å². The zero-order chi connectivity index (χ0) is 42.4. The Morgan fingerprint density at radius 3 is 0.621 bits per heavy atom. The quantitative estimate of drug-likeness (QED) is 0.0540. The smallest absolute Gasteiger partial charge is 0.0635 e. The largest absolute Gasteiger partial charge is 0.302 e. The van der Waals surface area contributed by atoms with E-state index in [-0.39, 0.29) is 0 Å². The van der Waals surface area contributed by atoms with Gasteiger partial charge in [-0.1, -0.05) is 90.4 Å². The predicted molar refractivity (Wildman–Crippen MR) is 237 cm³/mol. The van der Waals surface area contributed by atoms with Crippen molar-refractivity contribution in [2.45, 2.75) is 167 Å². The van der Waals surface area contributed by atoms with Crippen molar-refractivity contribution < 1.29 is 0 Å². The SMILES string of the molecule is CCCCCCCCCCCCCCCCN(CCC#N)CCCN(CCC#N)CCCN(CCC#N)CCCCN(CCC#N)CCCN(CCC#N)CCC#N. The van der Waals surface area contributed by atoms with E-state index in [9.17, 15) is 21.0 Å². The molecule has 0 radical (unpaired) electrons. The van der Waals surface area contributed by atoms with Gasteiger partial charge in [0.15, 0.2) is 0 Å². The van der Waals surface area contributed by atoms with Gasteiger partial charge in [0.05, 0.1) is 36.4 Å². The van der Waals surface area contributed by atoms with E-state index in [1.807, 2.05) is 0 Å². The molecular weight excluding hydrogens is 719 g/mol. The number of nitrogens with zero attached hydrogens (tertiary/aromatic N) is 11. The second-order valence-electron chi connectivity index (χ2n) is 16.0. The third-order valence-corrected chi connectivity index (χ3v) is 11.1. The fourth-order valence-corrected chi connectivity index (χ4v) is 7.68. The lowest BCUT2D eigenvalue weighted by atomic mass is 10.0. The first kappa shape index (κ1) is 54.7. The van der Waals surface area contributed by atoms with Crippen LogP contribution in [0.15, 0.2) is 0 Å².